The average molecular weight is 192 g/mol. The number of ether oxygens (including phenoxy) is 1. The fourth-order valence-electron chi connectivity index (χ4n) is 0.997. The van der Waals surface area contributed by atoms with E-state index in [0.717, 1.165) is 6.07 Å². The minimum Gasteiger partial charge on any atom is -0.371 e. The summed E-state index contributed by atoms with van der Waals surface area (Å²) in [5, 5.41) is 3.37. The van der Waals surface area contributed by atoms with Crippen LogP contribution in [0, 0.1) is 0 Å². The minimum absolute atomic E-state index is 0.0426. The van der Waals surface area contributed by atoms with Crippen molar-refractivity contribution in [2.75, 3.05) is 6.61 Å². The lowest BCUT2D eigenvalue weighted by Crippen LogP contribution is -2.09. The van der Waals surface area contributed by atoms with Crippen LogP contribution in [-0.4, -0.2) is 22.5 Å². The number of halogens is 3. The van der Waals surface area contributed by atoms with Crippen molar-refractivity contribution in [3.8, 4) is 0 Å². The Labute approximate surface area is 72.1 Å². The lowest BCUT2D eigenvalue weighted by Gasteiger charge is -2.00. The Morgan fingerprint density at radius 3 is 2.77 bits per heavy atom. The number of aromatic nitrogens is 2. The highest BCUT2D eigenvalue weighted by Crippen LogP contribution is 2.27. The zero-order chi connectivity index (χ0) is 9.47. The number of rotatable bonds is 2. The Bertz CT molecular complexity index is 303. The van der Waals surface area contributed by atoms with Gasteiger partial charge in [-0.05, 0) is 6.07 Å². The molecule has 13 heavy (non-hydrogen) atoms. The Kier molecular flexibility index (Phi) is 1.80. The van der Waals surface area contributed by atoms with Gasteiger partial charge in [0, 0.05) is 6.20 Å². The molecule has 2 rings (SSSR count). The number of hydrogen-bond donors (Lipinski definition) is 0. The van der Waals surface area contributed by atoms with Crippen molar-refractivity contribution in [1.82, 2.24) is 9.78 Å². The van der Waals surface area contributed by atoms with E-state index in [0.29, 0.717) is 13.2 Å². The predicted molar refractivity (Wildman–Crippen MR) is 37.0 cm³/mol. The second-order valence-corrected chi connectivity index (χ2v) is 2.88. The molecule has 1 aromatic rings. The van der Waals surface area contributed by atoms with Crippen LogP contribution >= 0.6 is 0 Å². The Hall–Kier alpha value is -1.04. The molecular weight excluding hydrogens is 185 g/mol. The van der Waals surface area contributed by atoms with Crippen LogP contribution in [0.1, 0.15) is 5.69 Å². The first-order chi connectivity index (χ1) is 6.05. The Balaban J connectivity index is 2.08. The van der Waals surface area contributed by atoms with E-state index < -0.39 is 11.9 Å². The van der Waals surface area contributed by atoms with Crippen molar-refractivity contribution in [2.24, 2.45) is 0 Å². The van der Waals surface area contributed by atoms with Gasteiger partial charge in [-0.25, -0.2) is 0 Å². The molecule has 0 radical (unpaired) electrons. The molecule has 1 aromatic heterocycles. The van der Waals surface area contributed by atoms with Crippen molar-refractivity contribution in [1.29, 1.82) is 0 Å². The van der Waals surface area contributed by atoms with E-state index in [1.165, 1.54) is 10.9 Å². The van der Waals surface area contributed by atoms with Crippen LogP contribution in [0.4, 0.5) is 13.2 Å². The van der Waals surface area contributed by atoms with Crippen LogP contribution in [0.2, 0.25) is 0 Å². The summed E-state index contributed by atoms with van der Waals surface area (Å²) in [4.78, 5) is 0. The molecule has 1 aliphatic heterocycles. The topological polar surface area (TPSA) is 30.4 Å². The second kappa shape index (κ2) is 2.73. The molecule has 2 heterocycles. The van der Waals surface area contributed by atoms with Crippen molar-refractivity contribution in [3.05, 3.63) is 18.0 Å². The molecule has 6 heteroatoms. The van der Waals surface area contributed by atoms with Crippen LogP contribution < -0.4 is 0 Å². The van der Waals surface area contributed by atoms with Crippen LogP contribution in [0.25, 0.3) is 0 Å². The van der Waals surface area contributed by atoms with E-state index in [1.54, 1.807) is 0 Å². The van der Waals surface area contributed by atoms with Gasteiger partial charge in [-0.2, -0.15) is 18.3 Å². The molecular formula is C7H7F3N2O. The van der Waals surface area contributed by atoms with Crippen molar-refractivity contribution in [2.45, 2.75) is 18.8 Å². The second-order valence-electron chi connectivity index (χ2n) is 2.88. The summed E-state index contributed by atoms with van der Waals surface area (Å²) in [5.74, 6) is 0. The summed E-state index contributed by atoms with van der Waals surface area (Å²) in [6.45, 7) is 1.01. The lowest BCUT2D eigenvalue weighted by atomic mass is 10.4. The molecule has 0 spiro atoms. The lowest BCUT2D eigenvalue weighted by molar-refractivity contribution is -0.141. The molecule has 1 fully saturated rings. The molecule has 0 aliphatic carbocycles. The monoisotopic (exact) mass is 192 g/mol. The molecule has 0 saturated carbocycles. The maximum atomic E-state index is 12.0. The summed E-state index contributed by atoms with van der Waals surface area (Å²) < 4.78 is 42.3. The van der Waals surface area contributed by atoms with Crippen LogP contribution in [-0.2, 0) is 17.5 Å². The van der Waals surface area contributed by atoms with Gasteiger partial charge >= 0.3 is 6.18 Å². The van der Waals surface area contributed by atoms with E-state index >= 15 is 0 Å². The summed E-state index contributed by atoms with van der Waals surface area (Å²) in [6.07, 6.45) is -3.00. The highest BCUT2D eigenvalue weighted by Gasteiger charge is 2.34. The maximum absolute atomic E-state index is 12.0. The maximum Gasteiger partial charge on any atom is 0.435 e. The zero-order valence-corrected chi connectivity index (χ0v) is 6.58. The van der Waals surface area contributed by atoms with Crippen molar-refractivity contribution in [3.63, 3.8) is 0 Å². The molecule has 72 valence electrons. The van der Waals surface area contributed by atoms with Gasteiger partial charge in [0.1, 0.15) is 6.10 Å². The third-order valence-electron chi connectivity index (χ3n) is 1.72. The first-order valence-electron chi connectivity index (χ1n) is 3.78. The summed E-state index contributed by atoms with van der Waals surface area (Å²) in [5.41, 5.74) is -0.854. The predicted octanol–water partition coefficient (Wildman–Crippen LogP) is 1.30. The van der Waals surface area contributed by atoms with Gasteiger partial charge in [0.2, 0.25) is 0 Å². The highest BCUT2D eigenvalue weighted by molar-refractivity contribution is 5.03. The molecule has 0 bridgehead atoms. The fourth-order valence-corrected chi connectivity index (χ4v) is 0.997. The van der Waals surface area contributed by atoms with Gasteiger partial charge in [0.25, 0.3) is 0 Å². The molecule has 1 saturated heterocycles. The molecule has 1 aliphatic rings. The van der Waals surface area contributed by atoms with E-state index in [1.807, 2.05) is 0 Å². The number of nitrogens with zero attached hydrogens (tertiary/aromatic N) is 2. The van der Waals surface area contributed by atoms with Crippen LogP contribution in [0.15, 0.2) is 12.3 Å². The number of alkyl halides is 3. The highest BCUT2D eigenvalue weighted by atomic mass is 19.4. The van der Waals surface area contributed by atoms with Gasteiger partial charge in [-0.15, -0.1) is 0 Å². The average Bonchev–Trinajstić information content (AvgIpc) is 2.63. The minimum atomic E-state index is -4.35. The SMILES string of the molecule is FC(F)(F)c1ccn(C[C@H]2CO2)n1. The van der Waals surface area contributed by atoms with Crippen LogP contribution in [0.5, 0.6) is 0 Å². The van der Waals surface area contributed by atoms with Gasteiger partial charge in [0.15, 0.2) is 5.69 Å². The van der Waals surface area contributed by atoms with E-state index in [-0.39, 0.29) is 6.10 Å². The zero-order valence-electron chi connectivity index (χ0n) is 6.58. The molecule has 0 aromatic carbocycles. The van der Waals surface area contributed by atoms with Crippen molar-refractivity contribution >= 4 is 0 Å². The first-order valence-corrected chi connectivity index (χ1v) is 3.78. The fraction of sp³-hybridized carbons (Fsp3) is 0.571. The molecule has 0 N–H and O–H groups in total. The van der Waals surface area contributed by atoms with Gasteiger partial charge in [-0.3, -0.25) is 4.68 Å². The quantitative estimate of drug-likeness (QED) is 0.661. The summed E-state index contributed by atoms with van der Waals surface area (Å²) >= 11 is 0. The third kappa shape index (κ3) is 2.00. The molecule has 0 amide bonds. The van der Waals surface area contributed by atoms with Gasteiger partial charge in [-0.1, -0.05) is 0 Å². The standard InChI is InChI=1S/C7H7F3N2O/c8-7(9,10)6-1-2-12(11-6)3-5-4-13-5/h1-2,5H,3-4H2/t5-/m0/s1. The smallest absolute Gasteiger partial charge is 0.371 e. The summed E-state index contributed by atoms with van der Waals surface area (Å²) in [6, 6.07) is 0.961. The number of hydrogen-bond acceptors (Lipinski definition) is 2. The van der Waals surface area contributed by atoms with Crippen LogP contribution in [0.3, 0.4) is 0 Å². The largest absolute Gasteiger partial charge is 0.435 e. The first kappa shape index (κ1) is 8.55. The Morgan fingerprint density at radius 2 is 2.31 bits per heavy atom. The molecule has 3 nitrogen and oxygen atoms in total. The number of epoxide rings is 1. The van der Waals surface area contributed by atoms with Gasteiger partial charge in [0.05, 0.1) is 13.2 Å². The van der Waals surface area contributed by atoms with E-state index in [2.05, 4.69) is 5.10 Å². The Morgan fingerprint density at radius 1 is 1.62 bits per heavy atom. The van der Waals surface area contributed by atoms with E-state index in [4.69, 9.17) is 4.74 Å². The molecule has 1 atom stereocenters. The molecule has 0 unspecified atom stereocenters. The summed E-state index contributed by atoms with van der Waals surface area (Å²) in [7, 11) is 0. The normalized spacial score (nSPS) is 21.9. The third-order valence-corrected chi connectivity index (χ3v) is 1.72. The van der Waals surface area contributed by atoms with E-state index in [9.17, 15) is 13.2 Å². The van der Waals surface area contributed by atoms with Crippen molar-refractivity contribution < 1.29 is 17.9 Å². The van der Waals surface area contributed by atoms with Gasteiger partial charge < -0.3 is 4.74 Å².